The van der Waals surface area contributed by atoms with Crippen molar-refractivity contribution in [2.75, 3.05) is 19.8 Å². The average molecular weight is 399 g/mol. The van der Waals surface area contributed by atoms with Crippen molar-refractivity contribution in [2.45, 2.75) is 58.3 Å². The van der Waals surface area contributed by atoms with Crippen LogP contribution < -0.4 is 10.1 Å². The summed E-state index contributed by atoms with van der Waals surface area (Å²) in [4.78, 5) is 14.6. The molecule has 4 rings (SSSR count). The second-order valence-electron chi connectivity index (χ2n) is 7.95. The number of carbonyl (C=O) groups excluding carboxylic acids is 1. The van der Waals surface area contributed by atoms with Crippen molar-refractivity contribution in [3.05, 3.63) is 47.3 Å². The predicted octanol–water partition coefficient (Wildman–Crippen LogP) is 3.29. The first-order valence-corrected chi connectivity index (χ1v) is 10.5. The molecule has 156 valence electrons. The van der Waals surface area contributed by atoms with E-state index in [2.05, 4.69) is 10.00 Å². The third-order valence-corrected chi connectivity index (χ3v) is 5.48. The Hall–Kier alpha value is -2.54. The van der Waals surface area contributed by atoms with Crippen LogP contribution in [0.15, 0.2) is 30.3 Å². The molecule has 0 saturated carbocycles. The number of aromatic nitrogens is 2. The Morgan fingerprint density at radius 3 is 2.97 bits per heavy atom. The van der Waals surface area contributed by atoms with E-state index in [9.17, 15) is 4.79 Å². The van der Waals surface area contributed by atoms with Gasteiger partial charge in [0.25, 0.3) is 0 Å². The minimum atomic E-state index is -0.00469. The Kier molecular flexibility index (Phi) is 6.04. The zero-order valence-corrected chi connectivity index (χ0v) is 17.3. The van der Waals surface area contributed by atoms with E-state index in [1.165, 1.54) is 5.69 Å². The number of amides is 2. The van der Waals surface area contributed by atoms with Crippen LogP contribution in [-0.4, -0.2) is 46.5 Å². The zero-order valence-electron chi connectivity index (χ0n) is 17.3. The number of para-hydroxylation sites is 1. The van der Waals surface area contributed by atoms with Crippen molar-refractivity contribution >= 4 is 6.03 Å². The first-order valence-electron chi connectivity index (χ1n) is 10.5. The van der Waals surface area contributed by atoms with Gasteiger partial charge in [-0.05, 0) is 38.8 Å². The fourth-order valence-corrected chi connectivity index (χ4v) is 4.18. The minimum absolute atomic E-state index is 0.00469. The van der Waals surface area contributed by atoms with Gasteiger partial charge in [-0.1, -0.05) is 18.2 Å². The van der Waals surface area contributed by atoms with Gasteiger partial charge < -0.3 is 19.7 Å². The van der Waals surface area contributed by atoms with Crippen molar-refractivity contribution in [3.63, 3.8) is 0 Å². The van der Waals surface area contributed by atoms with Crippen LogP contribution in [0.4, 0.5) is 4.79 Å². The number of hydrogen-bond acceptors (Lipinski definition) is 4. The summed E-state index contributed by atoms with van der Waals surface area (Å²) in [5.74, 6) is 0.865. The lowest BCUT2D eigenvalue weighted by Gasteiger charge is -2.26. The molecule has 29 heavy (non-hydrogen) atoms. The fraction of sp³-hybridized carbons (Fsp3) is 0.545. The summed E-state index contributed by atoms with van der Waals surface area (Å²) in [5, 5.41) is 7.98. The normalized spacial score (nSPS) is 18.7. The number of nitrogens with zero attached hydrogens (tertiary/aromatic N) is 3. The molecule has 3 heterocycles. The molecule has 2 aliphatic heterocycles. The van der Waals surface area contributed by atoms with Gasteiger partial charge in [0.1, 0.15) is 12.4 Å². The molecule has 1 N–H and O–H groups in total. The van der Waals surface area contributed by atoms with Gasteiger partial charge in [-0.15, -0.1) is 0 Å². The summed E-state index contributed by atoms with van der Waals surface area (Å²) in [6, 6.07) is 9.97. The first kappa shape index (κ1) is 19.8. The van der Waals surface area contributed by atoms with Gasteiger partial charge >= 0.3 is 6.03 Å². The van der Waals surface area contributed by atoms with Gasteiger partial charge in [-0.2, -0.15) is 5.10 Å². The van der Waals surface area contributed by atoms with Crippen LogP contribution >= 0.6 is 0 Å². The molecule has 7 heteroatoms. The smallest absolute Gasteiger partial charge is 0.318 e. The lowest BCUT2D eigenvalue weighted by atomic mass is 10.0. The Labute approximate surface area is 172 Å². The number of fused-ring (bicyclic) bond motifs is 1. The van der Waals surface area contributed by atoms with E-state index in [1.54, 1.807) is 0 Å². The molecule has 1 atom stereocenters. The van der Waals surface area contributed by atoms with E-state index in [0.29, 0.717) is 26.4 Å². The molecule has 1 saturated heterocycles. The molecule has 1 fully saturated rings. The van der Waals surface area contributed by atoms with Crippen LogP contribution in [0.3, 0.4) is 0 Å². The SMILES string of the molecule is CC(C)NC(=O)N1CCCC1c1nn(CCOc2ccccc2)c2c1COCC2. The van der Waals surface area contributed by atoms with E-state index < -0.39 is 0 Å². The molecule has 1 aromatic heterocycles. The lowest BCUT2D eigenvalue weighted by Crippen LogP contribution is -2.42. The van der Waals surface area contributed by atoms with Crippen LogP contribution in [0.5, 0.6) is 5.75 Å². The Morgan fingerprint density at radius 1 is 1.34 bits per heavy atom. The van der Waals surface area contributed by atoms with Crippen LogP contribution in [0.25, 0.3) is 0 Å². The van der Waals surface area contributed by atoms with Crippen LogP contribution in [0.2, 0.25) is 0 Å². The van der Waals surface area contributed by atoms with Gasteiger partial charge in [-0.25, -0.2) is 4.79 Å². The number of rotatable bonds is 6. The number of ether oxygens (including phenoxy) is 2. The van der Waals surface area contributed by atoms with Crippen LogP contribution in [0, 0.1) is 0 Å². The molecule has 0 aliphatic carbocycles. The van der Waals surface area contributed by atoms with E-state index in [-0.39, 0.29) is 18.1 Å². The molecule has 0 bridgehead atoms. The summed E-state index contributed by atoms with van der Waals surface area (Å²) in [5.41, 5.74) is 3.38. The highest BCUT2D eigenvalue weighted by atomic mass is 16.5. The lowest BCUT2D eigenvalue weighted by molar-refractivity contribution is 0.107. The average Bonchev–Trinajstić information content (AvgIpc) is 3.33. The first-order chi connectivity index (χ1) is 14.1. The maximum absolute atomic E-state index is 12.7. The molecular weight excluding hydrogens is 368 g/mol. The number of likely N-dealkylation sites (tertiary alicyclic amines) is 1. The van der Waals surface area contributed by atoms with Gasteiger partial charge in [-0.3, -0.25) is 4.68 Å². The summed E-state index contributed by atoms with van der Waals surface area (Å²) < 4.78 is 13.7. The Bertz CT molecular complexity index is 834. The quantitative estimate of drug-likeness (QED) is 0.811. The molecule has 2 amide bonds. The van der Waals surface area contributed by atoms with Gasteiger partial charge in [0.05, 0.1) is 31.5 Å². The van der Waals surface area contributed by atoms with Crippen molar-refractivity contribution in [1.82, 2.24) is 20.0 Å². The monoisotopic (exact) mass is 398 g/mol. The second-order valence-corrected chi connectivity index (χ2v) is 7.95. The zero-order chi connectivity index (χ0) is 20.2. The summed E-state index contributed by atoms with van der Waals surface area (Å²) >= 11 is 0. The van der Waals surface area contributed by atoms with Crippen molar-refractivity contribution < 1.29 is 14.3 Å². The van der Waals surface area contributed by atoms with Crippen molar-refractivity contribution in [2.24, 2.45) is 0 Å². The second kappa shape index (κ2) is 8.86. The van der Waals surface area contributed by atoms with Gasteiger partial charge in [0.15, 0.2) is 0 Å². The highest BCUT2D eigenvalue weighted by Gasteiger charge is 2.35. The third-order valence-electron chi connectivity index (χ3n) is 5.48. The van der Waals surface area contributed by atoms with E-state index >= 15 is 0 Å². The summed E-state index contributed by atoms with van der Waals surface area (Å²) in [7, 11) is 0. The minimum Gasteiger partial charge on any atom is -0.492 e. The van der Waals surface area contributed by atoms with E-state index in [1.807, 2.05) is 49.1 Å². The maximum atomic E-state index is 12.7. The third kappa shape index (κ3) is 4.40. The van der Waals surface area contributed by atoms with Gasteiger partial charge in [0.2, 0.25) is 0 Å². The van der Waals surface area contributed by atoms with E-state index in [0.717, 1.165) is 42.8 Å². The predicted molar refractivity (Wildman–Crippen MR) is 110 cm³/mol. The molecular formula is C22H30N4O3. The molecule has 2 aromatic rings. The summed E-state index contributed by atoms with van der Waals surface area (Å²) in [6.07, 6.45) is 2.78. The highest BCUT2D eigenvalue weighted by Crippen LogP contribution is 2.35. The molecule has 0 spiro atoms. The number of urea groups is 1. The molecule has 2 aliphatic rings. The number of carbonyl (C=O) groups is 1. The van der Waals surface area contributed by atoms with Crippen molar-refractivity contribution in [1.29, 1.82) is 0 Å². The van der Waals surface area contributed by atoms with Gasteiger partial charge in [0, 0.05) is 30.3 Å². The maximum Gasteiger partial charge on any atom is 0.318 e. The standard InChI is InChI=1S/C22H30N4O3/c1-16(2)23-22(27)25-11-6-9-20(25)21-18-15-28-13-10-19(18)26(24-21)12-14-29-17-7-4-3-5-8-17/h3-5,7-8,16,20H,6,9-15H2,1-2H3,(H,23,27). The molecule has 1 unspecified atom stereocenters. The summed E-state index contributed by atoms with van der Waals surface area (Å²) in [6.45, 7) is 7.26. The number of hydrogen-bond donors (Lipinski definition) is 1. The Balaban J connectivity index is 1.52. The molecule has 7 nitrogen and oxygen atoms in total. The van der Waals surface area contributed by atoms with Crippen LogP contribution in [0.1, 0.15) is 49.7 Å². The van der Waals surface area contributed by atoms with E-state index in [4.69, 9.17) is 14.6 Å². The number of benzene rings is 1. The molecule has 0 radical (unpaired) electrons. The Morgan fingerprint density at radius 2 is 2.17 bits per heavy atom. The van der Waals surface area contributed by atoms with Crippen molar-refractivity contribution in [3.8, 4) is 5.75 Å². The fourth-order valence-electron chi connectivity index (χ4n) is 4.18. The molecule has 1 aromatic carbocycles. The topological polar surface area (TPSA) is 68.6 Å². The highest BCUT2D eigenvalue weighted by molar-refractivity contribution is 5.75. The number of nitrogens with one attached hydrogen (secondary N) is 1. The van der Waals surface area contributed by atoms with Crippen LogP contribution in [-0.2, 0) is 24.3 Å². The largest absolute Gasteiger partial charge is 0.492 e.